The van der Waals surface area contributed by atoms with Gasteiger partial charge in [0, 0.05) is 18.9 Å². The van der Waals surface area contributed by atoms with Gasteiger partial charge in [-0.3, -0.25) is 9.11 Å². The molecule has 1 aliphatic heterocycles. The van der Waals surface area contributed by atoms with E-state index < -0.39 is 31.4 Å². The molecule has 0 spiro atoms. The summed E-state index contributed by atoms with van der Waals surface area (Å²) in [7, 11) is -8.49. The highest BCUT2D eigenvalue weighted by atomic mass is 32.2. The van der Waals surface area contributed by atoms with E-state index in [1.807, 2.05) is 20.8 Å². The lowest BCUT2D eigenvalue weighted by atomic mass is 9.82. The maximum atomic E-state index is 11.7. The van der Waals surface area contributed by atoms with E-state index >= 15 is 0 Å². The molecular weight excluding hydrogens is 342 g/mol. The Kier molecular flexibility index (Phi) is 4.44. The molecule has 1 aliphatic rings. The van der Waals surface area contributed by atoms with E-state index in [0.717, 1.165) is 11.3 Å². The minimum Gasteiger partial charge on any atom is -0.286 e. The van der Waals surface area contributed by atoms with Gasteiger partial charge >= 0.3 is 10.1 Å². The molecule has 9 heteroatoms. The van der Waals surface area contributed by atoms with Gasteiger partial charge in [-0.05, 0) is 19.9 Å². The Balaban J connectivity index is 2.55. The molecule has 0 fully saturated rings. The summed E-state index contributed by atoms with van der Waals surface area (Å²) in [4.78, 5) is -0.202. The van der Waals surface area contributed by atoms with Crippen molar-refractivity contribution in [3.05, 3.63) is 23.8 Å². The fourth-order valence-electron chi connectivity index (χ4n) is 2.90. The van der Waals surface area contributed by atoms with E-state index in [4.69, 9.17) is 4.55 Å². The maximum absolute atomic E-state index is 11.7. The predicted octanol–water partition coefficient (Wildman–Crippen LogP) is 1.61. The van der Waals surface area contributed by atoms with E-state index in [1.165, 1.54) is 6.07 Å². The van der Waals surface area contributed by atoms with Gasteiger partial charge in [0.15, 0.2) is 10.6 Å². The fraction of sp³-hybridized carbons (Fsp3) is 0.500. The van der Waals surface area contributed by atoms with Gasteiger partial charge in [-0.15, -0.1) is 0 Å². The number of para-hydroxylation sites is 1. The molecule has 0 radical (unpaired) electrons. The van der Waals surface area contributed by atoms with Crippen LogP contribution in [-0.4, -0.2) is 48.5 Å². The molecular formula is C14H20NO6S2+. The molecule has 0 bridgehead atoms. The van der Waals surface area contributed by atoms with Crippen molar-refractivity contribution < 1.29 is 30.5 Å². The van der Waals surface area contributed by atoms with Crippen molar-refractivity contribution in [2.75, 3.05) is 12.3 Å². The second kappa shape index (κ2) is 5.66. The van der Waals surface area contributed by atoms with Crippen LogP contribution < -0.4 is 0 Å². The van der Waals surface area contributed by atoms with Crippen LogP contribution in [0.1, 0.15) is 32.8 Å². The topological polar surface area (TPSA) is 112 Å². The van der Waals surface area contributed by atoms with Crippen molar-refractivity contribution in [2.45, 2.75) is 37.5 Å². The Morgan fingerprint density at radius 1 is 1.13 bits per heavy atom. The van der Waals surface area contributed by atoms with Crippen LogP contribution in [0.15, 0.2) is 23.1 Å². The molecule has 2 N–H and O–H groups in total. The van der Waals surface area contributed by atoms with E-state index in [9.17, 15) is 21.4 Å². The van der Waals surface area contributed by atoms with Crippen LogP contribution in [0, 0.1) is 0 Å². The summed E-state index contributed by atoms with van der Waals surface area (Å²) in [6.45, 7) is 5.91. The van der Waals surface area contributed by atoms with Gasteiger partial charge < -0.3 is 0 Å². The van der Waals surface area contributed by atoms with Crippen LogP contribution in [-0.2, 0) is 25.7 Å². The van der Waals surface area contributed by atoms with E-state index in [-0.39, 0.29) is 17.9 Å². The Labute approximate surface area is 136 Å². The van der Waals surface area contributed by atoms with Crippen molar-refractivity contribution in [1.29, 1.82) is 0 Å². The first-order valence-electron chi connectivity index (χ1n) is 7.03. The van der Waals surface area contributed by atoms with Crippen LogP contribution in [0.5, 0.6) is 0 Å². The van der Waals surface area contributed by atoms with Crippen LogP contribution in [0.2, 0.25) is 0 Å². The summed E-state index contributed by atoms with van der Waals surface area (Å²) < 4.78 is 65.1. The second-order valence-corrected chi connectivity index (χ2v) is 9.09. The zero-order chi connectivity index (χ0) is 17.6. The van der Waals surface area contributed by atoms with Gasteiger partial charge in [-0.2, -0.15) is 21.4 Å². The van der Waals surface area contributed by atoms with Gasteiger partial charge in [0.25, 0.3) is 10.1 Å². The Hall–Kier alpha value is -1.29. The highest BCUT2D eigenvalue weighted by Crippen LogP contribution is 2.42. The van der Waals surface area contributed by atoms with Crippen LogP contribution in [0.4, 0.5) is 5.69 Å². The van der Waals surface area contributed by atoms with Crippen molar-refractivity contribution in [2.24, 2.45) is 0 Å². The first kappa shape index (κ1) is 18.1. The van der Waals surface area contributed by atoms with Gasteiger partial charge in [-0.1, -0.05) is 12.1 Å². The molecule has 0 saturated carbocycles. The molecule has 7 nitrogen and oxygen atoms in total. The first-order valence-corrected chi connectivity index (χ1v) is 10.1. The van der Waals surface area contributed by atoms with Crippen LogP contribution >= 0.6 is 0 Å². The third-order valence-corrected chi connectivity index (χ3v) is 6.00. The highest BCUT2D eigenvalue weighted by Gasteiger charge is 2.45. The minimum atomic E-state index is -4.41. The summed E-state index contributed by atoms with van der Waals surface area (Å²) in [6, 6.07) is 4.67. The molecule has 1 aromatic rings. The minimum absolute atomic E-state index is 0.130. The van der Waals surface area contributed by atoms with Crippen molar-refractivity contribution >= 4 is 31.6 Å². The zero-order valence-corrected chi connectivity index (χ0v) is 14.8. The van der Waals surface area contributed by atoms with Gasteiger partial charge in [0.1, 0.15) is 6.54 Å². The maximum Gasteiger partial charge on any atom is 0.301 e. The number of hydrogen-bond acceptors (Lipinski definition) is 4. The number of hydrogen-bond donors (Lipinski definition) is 2. The highest BCUT2D eigenvalue weighted by molar-refractivity contribution is 7.86. The smallest absolute Gasteiger partial charge is 0.286 e. The lowest BCUT2D eigenvalue weighted by Crippen LogP contribution is -2.27. The number of fused-ring (bicyclic) bond motifs is 1. The third-order valence-electron chi connectivity index (χ3n) is 4.31. The average molecular weight is 362 g/mol. The number of nitrogens with zero attached hydrogens (tertiary/aromatic N) is 1. The zero-order valence-electron chi connectivity index (χ0n) is 13.1. The molecule has 0 aliphatic carbocycles. The summed E-state index contributed by atoms with van der Waals surface area (Å²) in [5, 5.41) is 0. The summed E-state index contributed by atoms with van der Waals surface area (Å²) in [6.07, 6.45) is 0.130. The lowest BCUT2D eigenvalue weighted by molar-refractivity contribution is -0.441. The summed E-state index contributed by atoms with van der Waals surface area (Å²) in [5.41, 5.74) is 1.51. The molecule has 128 valence electrons. The van der Waals surface area contributed by atoms with Crippen molar-refractivity contribution in [1.82, 2.24) is 0 Å². The summed E-state index contributed by atoms with van der Waals surface area (Å²) >= 11 is 0. The Morgan fingerprint density at radius 2 is 1.74 bits per heavy atom. The van der Waals surface area contributed by atoms with Crippen LogP contribution in [0.25, 0.3) is 0 Å². The van der Waals surface area contributed by atoms with Crippen molar-refractivity contribution in [3.8, 4) is 0 Å². The molecule has 0 atom stereocenters. The first-order chi connectivity index (χ1) is 10.4. The van der Waals surface area contributed by atoms with E-state index in [1.54, 1.807) is 16.7 Å². The fourth-order valence-corrected chi connectivity index (χ4v) is 4.11. The largest absolute Gasteiger partial charge is 0.301 e. The average Bonchev–Trinajstić information content (AvgIpc) is 2.57. The lowest BCUT2D eigenvalue weighted by Gasteiger charge is -2.14. The number of rotatable bonds is 5. The number of benzene rings is 1. The monoisotopic (exact) mass is 362 g/mol. The van der Waals surface area contributed by atoms with Gasteiger partial charge in [0.05, 0.1) is 11.2 Å². The molecule has 2 rings (SSSR count). The predicted molar refractivity (Wildman–Crippen MR) is 85.8 cm³/mol. The van der Waals surface area contributed by atoms with Crippen molar-refractivity contribution in [3.63, 3.8) is 0 Å². The second-order valence-electron chi connectivity index (χ2n) is 6.13. The molecule has 1 aromatic carbocycles. The molecule has 23 heavy (non-hydrogen) atoms. The quantitative estimate of drug-likeness (QED) is 0.608. The molecule has 0 saturated heterocycles. The Morgan fingerprint density at radius 3 is 2.26 bits per heavy atom. The molecule has 0 aromatic heterocycles. The van der Waals surface area contributed by atoms with Gasteiger partial charge in [-0.25, -0.2) is 0 Å². The standard InChI is InChI=1S/C14H19NO6S2/c1-10-14(2,3)11-6-4-7-12(23(19,20)21)13(11)15(10)8-5-9-22(16,17)18/h4,6-7H,5,8-9H2,1-3H3,(H-,16,17,18,19,20,21)/p+1. The molecule has 0 amide bonds. The third kappa shape index (κ3) is 3.47. The van der Waals surface area contributed by atoms with Gasteiger partial charge in [0.2, 0.25) is 5.69 Å². The molecule has 1 heterocycles. The normalized spacial score (nSPS) is 17.4. The van der Waals surface area contributed by atoms with E-state index in [2.05, 4.69) is 0 Å². The molecule has 0 unspecified atom stereocenters. The van der Waals surface area contributed by atoms with Crippen LogP contribution in [0.3, 0.4) is 0 Å². The summed E-state index contributed by atoms with van der Waals surface area (Å²) in [5.74, 6) is -0.416. The van der Waals surface area contributed by atoms with E-state index in [0.29, 0.717) is 5.69 Å². The Bertz CT molecular complexity index is 882. The SMILES string of the molecule is CC1=[N+](CCCS(=O)(=O)O)c2c(cccc2S(=O)(=O)O)C1(C)C.